The average Bonchev–Trinajstić information content (AvgIpc) is 2.85. The molecule has 2 aromatic rings. The quantitative estimate of drug-likeness (QED) is 0.822. The van der Waals surface area contributed by atoms with E-state index in [2.05, 4.69) is 50.4 Å². The fourth-order valence-electron chi connectivity index (χ4n) is 4.14. The van der Waals surface area contributed by atoms with Gasteiger partial charge in [-0.25, -0.2) is 4.79 Å². The number of carbonyl (C=O) groups is 2. The van der Waals surface area contributed by atoms with Gasteiger partial charge in [0.15, 0.2) is 0 Å². The number of aryl methyl sites for hydroxylation is 1. The Morgan fingerprint density at radius 2 is 1.67 bits per heavy atom. The van der Waals surface area contributed by atoms with E-state index in [1.807, 2.05) is 24.3 Å². The van der Waals surface area contributed by atoms with Gasteiger partial charge in [0, 0.05) is 6.42 Å². The van der Waals surface area contributed by atoms with Crippen LogP contribution >= 0.6 is 0 Å². The molecule has 3 amide bonds. The van der Waals surface area contributed by atoms with E-state index in [0.29, 0.717) is 19.4 Å². The van der Waals surface area contributed by atoms with Crippen LogP contribution in [0.4, 0.5) is 4.79 Å². The molecule has 1 saturated heterocycles. The molecule has 2 aromatic carbocycles. The number of benzene rings is 2. The summed E-state index contributed by atoms with van der Waals surface area (Å²) in [4.78, 5) is 27.1. The molecule has 1 spiro atoms. The second-order valence-electron chi connectivity index (χ2n) is 8.80. The van der Waals surface area contributed by atoms with E-state index in [4.69, 9.17) is 0 Å². The van der Waals surface area contributed by atoms with Crippen LogP contribution in [-0.4, -0.2) is 22.4 Å². The summed E-state index contributed by atoms with van der Waals surface area (Å²) in [5.74, 6) is -0.0955. The van der Waals surface area contributed by atoms with Crippen LogP contribution in [0.15, 0.2) is 48.5 Å². The first-order valence-electron chi connectivity index (χ1n) is 9.59. The van der Waals surface area contributed by atoms with Crippen molar-refractivity contribution in [1.82, 2.24) is 10.2 Å². The Hall–Kier alpha value is -2.62. The van der Waals surface area contributed by atoms with Crippen LogP contribution in [0, 0.1) is 0 Å². The number of rotatable bonds is 2. The molecule has 1 aliphatic heterocycles. The largest absolute Gasteiger partial charge is 0.325 e. The summed E-state index contributed by atoms with van der Waals surface area (Å²) in [5.41, 5.74) is 3.95. The molecule has 1 fully saturated rings. The predicted molar refractivity (Wildman–Crippen MR) is 105 cm³/mol. The SMILES string of the molecule is CC(C)(C)c1ccc(CN2C(=O)NC3(CCc4ccccc4C3)C2=O)cc1. The highest BCUT2D eigenvalue weighted by Crippen LogP contribution is 2.34. The highest BCUT2D eigenvalue weighted by molar-refractivity contribution is 6.07. The van der Waals surface area contributed by atoms with Crippen molar-refractivity contribution < 1.29 is 9.59 Å². The summed E-state index contributed by atoms with van der Waals surface area (Å²) in [7, 11) is 0. The summed E-state index contributed by atoms with van der Waals surface area (Å²) < 4.78 is 0. The van der Waals surface area contributed by atoms with E-state index in [0.717, 1.165) is 17.5 Å². The standard InChI is InChI=1S/C23H26N2O2/c1-22(2,3)19-10-8-16(9-11-19)15-25-20(26)23(24-21(25)27)13-12-17-6-4-5-7-18(17)14-23/h4-11H,12-15H2,1-3H3,(H,24,27). The first kappa shape index (κ1) is 17.8. The smallest absolute Gasteiger partial charge is 0.323 e. The summed E-state index contributed by atoms with van der Waals surface area (Å²) in [6.45, 7) is 6.83. The summed E-state index contributed by atoms with van der Waals surface area (Å²) in [5, 5.41) is 3.00. The van der Waals surface area contributed by atoms with E-state index in [9.17, 15) is 9.59 Å². The lowest BCUT2D eigenvalue weighted by Crippen LogP contribution is -2.51. The maximum Gasteiger partial charge on any atom is 0.325 e. The number of urea groups is 1. The Labute approximate surface area is 160 Å². The number of carbonyl (C=O) groups excluding carboxylic acids is 2. The van der Waals surface area contributed by atoms with Gasteiger partial charge in [-0.1, -0.05) is 69.3 Å². The van der Waals surface area contributed by atoms with Crippen molar-refractivity contribution in [3.8, 4) is 0 Å². The highest BCUT2D eigenvalue weighted by atomic mass is 16.2. The normalized spacial score (nSPS) is 22.1. The highest BCUT2D eigenvalue weighted by Gasteiger charge is 2.52. The van der Waals surface area contributed by atoms with Gasteiger partial charge in [0.05, 0.1) is 6.54 Å². The summed E-state index contributed by atoms with van der Waals surface area (Å²) in [6, 6.07) is 16.1. The van der Waals surface area contributed by atoms with Gasteiger partial charge < -0.3 is 5.32 Å². The average molecular weight is 362 g/mol. The molecule has 4 heteroatoms. The molecule has 1 atom stereocenters. The number of nitrogens with one attached hydrogen (secondary N) is 1. The number of fused-ring (bicyclic) bond motifs is 1. The number of amides is 3. The summed E-state index contributed by atoms with van der Waals surface area (Å²) >= 11 is 0. The van der Waals surface area contributed by atoms with Gasteiger partial charge in [0.2, 0.25) is 0 Å². The minimum absolute atomic E-state index is 0.0823. The predicted octanol–water partition coefficient (Wildman–Crippen LogP) is 3.96. The third-order valence-corrected chi connectivity index (χ3v) is 5.84. The van der Waals surface area contributed by atoms with Crippen molar-refractivity contribution in [3.63, 3.8) is 0 Å². The fraction of sp³-hybridized carbons (Fsp3) is 0.391. The molecule has 2 aliphatic rings. The molecule has 27 heavy (non-hydrogen) atoms. The Morgan fingerprint density at radius 3 is 2.33 bits per heavy atom. The number of hydrogen-bond acceptors (Lipinski definition) is 2. The van der Waals surface area contributed by atoms with Crippen molar-refractivity contribution in [2.24, 2.45) is 0 Å². The molecular formula is C23H26N2O2. The fourth-order valence-corrected chi connectivity index (χ4v) is 4.14. The number of nitrogens with zero attached hydrogens (tertiary/aromatic N) is 1. The van der Waals surface area contributed by atoms with Crippen molar-refractivity contribution >= 4 is 11.9 Å². The van der Waals surface area contributed by atoms with Crippen molar-refractivity contribution in [1.29, 1.82) is 0 Å². The van der Waals surface area contributed by atoms with Gasteiger partial charge in [-0.15, -0.1) is 0 Å². The summed E-state index contributed by atoms with van der Waals surface area (Å²) in [6.07, 6.45) is 2.05. The second kappa shape index (κ2) is 6.22. The molecule has 1 heterocycles. The molecule has 0 radical (unpaired) electrons. The third-order valence-electron chi connectivity index (χ3n) is 5.84. The van der Waals surface area contributed by atoms with Crippen LogP contribution in [0.1, 0.15) is 49.4 Å². The lowest BCUT2D eigenvalue weighted by atomic mass is 9.78. The van der Waals surface area contributed by atoms with E-state index in [1.54, 1.807) is 0 Å². The first-order chi connectivity index (χ1) is 12.8. The third kappa shape index (κ3) is 3.14. The van der Waals surface area contributed by atoms with Gasteiger partial charge in [0.1, 0.15) is 5.54 Å². The maximum absolute atomic E-state index is 13.2. The molecule has 4 nitrogen and oxygen atoms in total. The second-order valence-corrected chi connectivity index (χ2v) is 8.80. The minimum atomic E-state index is -0.781. The number of hydrogen-bond donors (Lipinski definition) is 1. The molecular weight excluding hydrogens is 336 g/mol. The first-order valence-corrected chi connectivity index (χ1v) is 9.59. The van der Waals surface area contributed by atoms with Crippen LogP contribution in [0.5, 0.6) is 0 Å². The minimum Gasteiger partial charge on any atom is -0.323 e. The van der Waals surface area contributed by atoms with Gasteiger partial charge >= 0.3 is 6.03 Å². The van der Waals surface area contributed by atoms with Gasteiger partial charge in [-0.2, -0.15) is 0 Å². The Kier molecular flexibility index (Phi) is 4.10. The molecule has 1 unspecified atom stereocenters. The lowest BCUT2D eigenvalue weighted by Gasteiger charge is -2.32. The molecule has 0 aromatic heterocycles. The van der Waals surface area contributed by atoms with E-state index in [-0.39, 0.29) is 17.4 Å². The van der Waals surface area contributed by atoms with E-state index >= 15 is 0 Å². The maximum atomic E-state index is 13.2. The monoisotopic (exact) mass is 362 g/mol. The van der Waals surface area contributed by atoms with Crippen LogP contribution in [-0.2, 0) is 29.6 Å². The van der Waals surface area contributed by atoms with Crippen LogP contribution in [0.3, 0.4) is 0 Å². The van der Waals surface area contributed by atoms with E-state index < -0.39 is 5.54 Å². The van der Waals surface area contributed by atoms with Gasteiger partial charge in [0.25, 0.3) is 5.91 Å². The van der Waals surface area contributed by atoms with Crippen molar-refractivity contribution in [3.05, 3.63) is 70.8 Å². The van der Waals surface area contributed by atoms with Crippen LogP contribution in [0.2, 0.25) is 0 Å². The zero-order valence-corrected chi connectivity index (χ0v) is 16.2. The topological polar surface area (TPSA) is 49.4 Å². The van der Waals surface area contributed by atoms with Gasteiger partial charge in [-0.05, 0) is 40.5 Å². The van der Waals surface area contributed by atoms with Gasteiger partial charge in [-0.3, -0.25) is 9.69 Å². The van der Waals surface area contributed by atoms with Crippen molar-refractivity contribution in [2.75, 3.05) is 0 Å². The lowest BCUT2D eigenvalue weighted by molar-refractivity contribution is -0.132. The molecule has 0 bridgehead atoms. The van der Waals surface area contributed by atoms with Crippen LogP contribution in [0.25, 0.3) is 0 Å². The Bertz CT molecular complexity index is 895. The molecule has 4 rings (SSSR count). The Balaban J connectivity index is 1.54. The van der Waals surface area contributed by atoms with Crippen molar-refractivity contribution in [2.45, 2.75) is 57.5 Å². The molecule has 1 N–H and O–H groups in total. The molecule has 0 saturated carbocycles. The zero-order chi connectivity index (χ0) is 19.2. The molecule has 1 aliphatic carbocycles. The van der Waals surface area contributed by atoms with Crippen LogP contribution < -0.4 is 5.32 Å². The zero-order valence-electron chi connectivity index (χ0n) is 16.2. The molecule has 140 valence electrons. The Morgan fingerprint density at radius 1 is 1.00 bits per heavy atom. The van der Waals surface area contributed by atoms with E-state index in [1.165, 1.54) is 16.0 Å². The number of imide groups is 1.